The van der Waals surface area contributed by atoms with Crippen LogP contribution in [0.15, 0.2) is 5.10 Å². The van der Waals surface area contributed by atoms with Crippen molar-refractivity contribution in [3.8, 4) is 0 Å². The van der Waals surface area contributed by atoms with Crippen molar-refractivity contribution in [3.63, 3.8) is 0 Å². The molecule has 0 unspecified atom stereocenters. The first-order valence-corrected chi connectivity index (χ1v) is 2.48. The van der Waals surface area contributed by atoms with E-state index >= 15 is 0 Å². The molecule has 0 atom stereocenters. The Morgan fingerprint density at radius 3 is 2.78 bits per heavy atom. The summed E-state index contributed by atoms with van der Waals surface area (Å²) in [6.45, 7) is 0. The highest BCUT2D eigenvalue weighted by molar-refractivity contribution is 6.03. The fourth-order valence-electron chi connectivity index (χ4n) is 0.592. The molecular weight excluding hydrogens is 122 g/mol. The quantitative estimate of drug-likeness (QED) is 0.418. The third kappa shape index (κ3) is 0.996. The second-order valence-electron chi connectivity index (χ2n) is 1.75. The van der Waals surface area contributed by atoms with Crippen LogP contribution in [0, 0.1) is 0 Å². The van der Waals surface area contributed by atoms with Gasteiger partial charge in [-0.05, 0) is 0 Å². The van der Waals surface area contributed by atoms with Gasteiger partial charge in [0.1, 0.15) is 0 Å². The van der Waals surface area contributed by atoms with Crippen molar-refractivity contribution in [2.24, 2.45) is 5.10 Å². The largest absolute Gasteiger partial charge is 0.290 e. The first kappa shape index (κ1) is 6.03. The molecule has 9 heavy (non-hydrogen) atoms. The highest BCUT2D eigenvalue weighted by Gasteiger charge is 2.18. The minimum Gasteiger partial charge on any atom is -0.290 e. The molecule has 5 nitrogen and oxygen atoms in total. The Morgan fingerprint density at radius 1 is 1.89 bits per heavy atom. The van der Waals surface area contributed by atoms with Crippen molar-refractivity contribution in [2.75, 3.05) is 7.05 Å². The maximum atomic E-state index is 10.6. The van der Waals surface area contributed by atoms with E-state index in [9.17, 15) is 4.79 Å². The maximum Gasteiger partial charge on any atom is 0.250 e. The molecule has 0 aromatic carbocycles. The third-order valence-electron chi connectivity index (χ3n) is 1.08. The van der Waals surface area contributed by atoms with Gasteiger partial charge >= 0.3 is 0 Å². The molecule has 1 aliphatic rings. The number of nitrogens with one attached hydrogen (secondary N) is 1. The van der Waals surface area contributed by atoms with Crippen LogP contribution in [0.5, 0.6) is 0 Å². The summed E-state index contributed by atoms with van der Waals surface area (Å²) < 4.78 is 0. The highest BCUT2D eigenvalue weighted by atomic mass is 16.5. The summed E-state index contributed by atoms with van der Waals surface area (Å²) in [6.07, 6.45) is 0.160. The van der Waals surface area contributed by atoms with Crippen LogP contribution in [0.4, 0.5) is 0 Å². The van der Waals surface area contributed by atoms with E-state index in [0.717, 1.165) is 0 Å². The van der Waals surface area contributed by atoms with Crippen molar-refractivity contribution < 1.29 is 10.0 Å². The Hall–Kier alpha value is -1.10. The van der Waals surface area contributed by atoms with E-state index < -0.39 is 0 Å². The van der Waals surface area contributed by atoms with Crippen LogP contribution >= 0.6 is 0 Å². The van der Waals surface area contributed by atoms with Gasteiger partial charge in [0.05, 0.1) is 6.42 Å². The predicted molar refractivity (Wildman–Crippen MR) is 29.7 cm³/mol. The van der Waals surface area contributed by atoms with Crippen LogP contribution in [0.1, 0.15) is 6.42 Å². The molecule has 0 saturated heterocycles. The zero-order valence-corrected chi connectivity index (χ0v) is 4.96. The van der Waals surface area contributed by atoms with Gasteiger partial charge in [-0.1, -0.05) is 0 Å². The van der Waals surface area contributed by atoms with E-state index in [0.29, 0.717) is 5.84 Å². The Bertz CT molecular complexity index is 165. The van der Waals surface area contributed by atoms with Gasteiger partial charge in [-0.15, -0.1) is 0 Å². The summed E-state index contributed by atoms with van der Waals surface area (Å²) in [5.74, 6) is 0.175. The molecule has 0 saturated carbocycles. The number of carbonyl (C=O) groups excluding carboxylic acids is 1. The number of hydrazone groups is 1. The fourth-order valence-corrected chi connectivity index (χ4v) is 0.592. The summed E-state index contributed by atoms with van der Waals surface area (Å²) in [4.78, 5) is 10.6. The molecule has 0 fully saturated rings. The minimum atomic E-state index is -0.119. The molecule has 1 amide bonds. The minimum absolute atomic E-state index is 0.119. The summed E-state index contributed by atoms with van der Waals surface area (Å²) in [5.41, 5.74) is 1.81. The number of rotatable bonds is 0. The molecule has 0 aromatic heterocycles. The number of hydrogen-bond donors (Lipinski definition) is 2. The number of hydroxylamine groups is 1. The van der Waals surface area contributed by atoms with Gasteiger partial charge in [0.2, 0.25) is 5.91 Å². The lowest BCUT2D eigenvalue weighted by molar-refractivity contribution is -0.127. The van der Waals surface area contributed by atoms with E-state index in [1.807, 2.05) is 5.48 Å². The van der Waals surface area contributed by atoms with Crippen molar-refractivity contribution in [3.05, 3.63) is 0 Å². The van der Waals surface area contributed by atoms with Crippen molar-refractivity contribution >= 4 is 11.7 Å². The zero-order valence-electron chi connectivity index (χ0n) is 4.96. The molecule has 1 aliphatic heterocycles. The molecule has 2 N–H and O–H groups in total. The molecule has 0 radical (unpaired) electrons. The Morgan fingerprint density at radius 2 is 2.56 bits per heavy atom. The first-order chi connectivity index (χ1) is 4.24. The Kier molecular flexibility index (Phi) is 1.35. The Balaban J connectivity index is 2.62. The average molecular weight is 129 g/mol. The van der Waals surface area contributed by atoms with Gasteiger partial charge in [0.15, 0.2) is 5.84 Å². The molecular formula is C4H7N3O2. The van der Waals surface area contributed by atoms with Gasteiger partial charge in [-0.25, -0.2) is 5.01 Å². The molecule has 50 valence electrons. The predicted octanol–water partition coefficient (Wildman–Crippen LogP) is -0.859. The summed E-state index contributed by atoms with van der Waals surface area (Å²) in [5, 5.41) is 13.0. The van der Waals surface area contributed by atoms with Crippen LogP contribution in [0.3, 0.4) is 0 Å². The normalized spacial score (nSPS) is 18.2. The molecule has 5 heteroatoms. The highest BCUT2D eigenvalue weighted by Crippen LogP contribution is 2.01. The van der Waals surface area contributed by atoms with Crippen LogP contribution in [0.25, 0.3) is 0 Å². The van der Waals surface area contributed by atoms with E-state index in [2.05, 4.69) is 5.10 Å². The van der Waals surface area contributed by atoms with E-state index in [4.69, 9.17) is 5.21 Å². The summed E-state index contributed by atoms with van der Waals surface area (Å²) >= 11 is 0. The van der Waals surface area contributed by atoms with Gasteiger partial charge < -0.3 is 0 Å². The van der Waals surface area contributed by atoms with Crippen molar-refractivity contribution in [1.29, 1.82) is 0 Å². The van der Waals surface area contributed by atoms with E-state index in [-0.39, 0.29) is 12.3 Å². The number of amides is 1. The molecule has 0 bridgehead atoms. The topological polar surface area (TPSA) is 64.9 Å². The number of amidine groups is 1. The number of hydrogen-bond acceptors (Lipinski definition) is 4. The summed E-state index contributed by atoms with van der Waals surface area (Å²) in [7, 11) is 1.53. The average Bonchev–Trinajstić information content (AvgIpc) is 2.13. The fraction of sp³-hybridized carbons (Fsp3) is 0.500. The van der Waals surface area contributed by atoms with Crippen molar-refractivity contribution in [2.45, 2.75) is 6.42 Å². The summed E-state index contributed by atoms with van der Waals surface area (Å²) in [6, 6.07) is 0. The van der Waals surface area contributed by atoms with Crippen LogP contribution < -0.4 is 5.48 Å². The molecule has 1 heterocycles. The SMILES string of the molecule is CN1N=C(NO)CC1=O. The first-order valence-electron chi connectivity index (χ1n) is 2.48. The lowest BCUT2D eigenvalue weighted by atomic mass is 10.4. The van der Waals surface area contributed by atoms with Gasteiger partial charge in [0.25, 0.3) is 0 Å². The van der Waals surface area contributed by atoms with Crippen LogP contribution in [-0.2, 0) is 4.79 Å². The van der Waals surface area contributed by atoms with E-state index in [1.165, 1.54) is 12.1 Å². The lowest BCUT2D eigenvalue weighted by Gasteiger charge is -1.98. The third-order valence-corrected chi connectivity index (χ3v) is 1.08. The maximum absolute atomic E-state index is 10.6. The van der Waals surface area contributed by atoms with Gasteiger partial charge in [0, 0.05) is 7.05 Å². The smallest absolute Gasteiger partial charge is 0.250 e. The van der Waals surface area contributed by atoms with Gasteiger partial charge in [-0.2, -0.15) is 5.10 Å². The Labute approximate surface area is 51.9 Å². The zero-order chi connectivity index (χ0) is 6.85. The standard InChI is InChI=1S/C4H7N3O2/c1-7-4(8)2-3(5-7)6-9/h9H,2H2,1H3,(H,5,6). The lowest BCUT2D eigenvalue weighted by Crippen LogP contribution is -2.17. The van der Waals surface area contributed by atoms with Gasteiger partial charge in [-0.3, -0.25) is 15.5 Å². The number of nitrogens with zero attached hydrogens (tertiary/aromatic N) is 2. The van der Waals surface area contributed by atoms with Crippen LogP contribution in [-0.4, -0.2) is 29.0 Å². The number of carbonyl (C=O) groups is 1. The molecule has 0 aromatic rings. The van der Waals surface area contributed by atoms with Crippen molar-refractivity contribution in [1.82, 2.24) is 10.5 Å². The van der Waals surface area contributed by atoms with E-state index in [1.54, 1.807) is 0 Å². The molecule has 1 rings (SSSR count). The van der Waals surface area contributed by atoms with Crippen LogP contribution in [0.2, 0.25) is 0 Å². The second kappa shape index (κ2) is 2.02. The molecule has 0 spiro atoms. The molecule has 0 aliphatic carbocycles. The monoisotopic (exact) mass is 129 g/mol. The second-order valence-corrected chi connectivity index (χ2v) is 1.75.